The number of piperidine rings is 1. The average molecular weight is 352 g/mol. The first kappa shape index (κ1) is 17.0. The van der Waals surface area contributed by atoms with Crippen molar-refractivity contribution in [3.05, 3.63) is 42.2 Å². The van der Waals surface area contributed by atoms with E-state index in [1.807, 2.05) is 29.2 Å². The lowest BCUT2D eigenvalue weighted by atomic mass is 9.72. The molecule has 6 heteroatoms. The standard InChI is InChI=1S/C20H24N4O2/c21-18-14-22-13-17(23-18)15-1-3-16(4-2-15)19(25)24-9-5-20(6-10-24)7-11-26-12-8-20/h1-4,13-14H,5-12H2,(H2,21,23). The van der Waals surface area contributed by atoms with Gasteiger partial charge in [-0.15, -0.1) is 0 Å². The van der Waals surface area contributed by atoms with Crippen molar-refractivity contribution in [3.8, 4) is 11.3 Å². The molecule has 2 fully saturated rings. The fraction of sp³-hybridized carbons (Fsp3) is 0.450. The third-order valence-corrected chi connectivity index (χ3v) is 5.75. The lowest BCUT2D eigenvalue weighted by Crippen LogP contribution is -2.45. The number of anilines is 1. The predicted molar refractivity (Wildman–Crippen MR) is 99.5 cm³/mol. The van der Waals surface area contributed by atoms with E-state index in [4.69, 9.17) is 10.5 Å². The summed E-state index contributed by atoms with van der Waals surface area (Å²) in [6.07, 6.45) is 7.61. The molecule has 0 radical (unpaired) electrons. The molecule has 0 saturated carbocycles. The number of nitrogens with two attached hydrogens (primary N) is 1. The van der Waals surface area contributed by atoms with Gasteiger partial charge in [-0.05, 0) is 43.2 Å². The monoisotopic (exact) mass is 352 g/mol. The van der Waals surface area contributed by atoms with Crippen LogP contribution in [0.1, 0.15) is 36.0 Å². The molecule has 1 spiro atoms. The van der Waals surface area contributed by atoms with Gasteiger partial charge in [0.2, 0.25) is 0 Å². The molecule has 0 bridgehead atoms. The number of hydrogen-bond acceptors (Lipinski definition) is 5. The number of ether oxygens (including phenoxy) is 1. The van der Waals surface area contributed by atoms with Gasteiger partial charge in [-0.1, -0.05) is 12.1 Å². The van der Waals surface area contributed by atoms with E-state index >= 15 is 0 Å². The Bertz CT molecular complexity index is 775. The van der Waals surface area contributed by atoms with Crippen LogP contribution >= 0.6 is 0 Å². The molecule has 2 aliphatic rings. The molecular weight excluding hydrogens is 328 g/mol. The van der Waals surface area contributed by atoms with E-state index in [9.17, 15) is 4.79 Å². The first-order chi connectivity index (χ1) is 12.7. The minimum Gasteiger partial charge on any atom is -0.382 e. The maximum atomic E-state index is 12.8. The molecule has 1 aromatic heterocycles. The van der Waals surface area contributed by atoms with E-state index in [2.05, 4.69) is 9.97 Å². The molecule has 1 amide bonds. The summed E-state index contributed by atoms with van der Waals surface area (Å²) < 4.78 is 5.50. The number of likely N-dealkylation sites (tertiary alicyclic amines) is 1. The van der Waals surface area contributed by atoms with Crippen molar-refractivity contribution in [2.45, 2.75) is 25.7 Å². The van der Waals surface area contributed by atoms with Crippen molar-refractivity contribution >= 4 is 11.7 Å². The van der Waals surface area contributed by atoms with Crippen LogP contribution in [0.2, 0.25) is 0 Å². The Morgan fingerprint density at radius 2 is 1.73 bits per heavy atom. The Balaban J connectivity index is 1.42. The fourth-order valence-electron chi connectivity index (χ4n) is 3.97. The zero-order valence-electron chi connectivity index (χ0n) is 14.9. The van der Waals surface area contributed by atoms with Gasteiger partial charge in [0, 0.05) is 37.4 Å². The Kier molecular flexibility index (Phi) is 4.59. The predicted octanol–water partition coefficient (Wildman–Crippen LogP) is 2.76. The van der Waals surface area contributed by atoms with Gasteiger partial charge in [-0.2, -0.15) is 0 Å². The van der Waals surface area contributed by atoms with E-state index in [0.717, 1.165) is 57.6 Å². The first-order valence-corrected chi connectivity index (χ1v) is 9.20. The normalized spacial score (nSPS) is 19.5. The van der Waals surface area contributed by atoms with Gasteiger partial charge in [-0.25, -0.2) is 4.98 Å². The number of amides is 1. The highest BCUT2D eigenvalue weighted by Gasteiger charge is 2.37. The molecule has 2 saturated heterocycles. The number of carbonyl (C=O) groups excluding carboxylic acids is 1. The number of nitrogen functional groups attached to an aromatic ring is 1. The van der Waals surface area contributed by atoms with Gasteiger partial charge in [-0.3, -0.25) is 9.78 Å². The molecule has 0 aliphatic carbocycles. The number of aromatic nitrogens is 2. The summed E-state index contributed by atoms with van der Waals surface area (Å²) >= 11 is 0. The Labute approximate surface area is 153 Å². The highest BCUT2D eigenvalue weighted by Crippen LogP contribution is 2.40. The SMILES string of the molecule is Nc1cncc(-c2ccc(C(=O)N3CCC4(CCOCC4)CC3)cc2)n1. The minimum atomic E-state index is 0.108. The molecule has 6 nitrogen and oxygen atoms in total. The number of hydrogen-bond donors (Lipinski definition) is 1. The third-order valence-electron chi connectivity index (χ3n) is 5.75. The summed E-state index contributed by atoms with van der Waals surface area (Å²) in [5, 5.41) is 0. The lowest BCUT2D eigenvalue weighted by Gasteiger charge is -2.44. The van der Waals surface area contributed by atoms with Crippen molar-refractivity contribution in [3.63, 3.8) is 0 Å². The first-order valence-electron chi connectivity index (χ1n) is 9.20. The Hall–Kier alpha value is -2.47. The second kappa shape index (κ2) is 7.03. The molecule has 4 rings (SSSR count). The van der Waals surface area contributed by atoms with Gasteiger partial charge in [0.1, 0.15) is 5.82 Å². The zero-order chi connectivity index (χ0) is 18.0. The lowest BCUT2D eigenvalue weighted by molar-refractivity contribution is -0.0175. The summed E-state index contributed by atoms with van der Waals surface area (Å²) in [7, 11) is 0. The fourth-order valence-corrected chi connectivity index (χ4v) is 3.97. The maximum absolute atomic E-state index is 12.8. The largest absolute Gasteiger partial charge is 0.382 e. The molecule has 2 aliphatic heterocycles. The summed E-state index contributed by atoms with van der Waals surface area (Å²) in [5.41, 5.74) is 8.41. The smallest absolute Gasteiger partial charge is 0.253 e. The van der Waals surface area contributed by atoms with Crippen LogP contribution in [0.3, 0.4) is 0 Å². The zero-order valence-corrected chi connectivity index (χ0v) is 14.9. The van der Waals surface area contributed by atoms with Crippen LogP contribution in [0.25, 0.3) is 11.3 Å². The van der Waals surface area contributed by atoms with Crippen LogP contribution in [-0.2, 0) is 4.74 Å². The maximum Gasteiger partial charge on any atom is 0.253 e. The molecular formula is C20H24N4O2. The van der Waals surface area contributed by atoms with E-state index < -0.39 is 0 Å². The summed E-state index contributed by atoms with van der Waals surface area (Å²) in [5.74, 6) is 0.495. The van der Waals surface area contributed by atoms with Gasteiger partial charge in [0.25, 0.3) is 5.91 Å². The van der Waals surface area contributed by atoms with E-state index in [-0.39, 0.29) is 5.91 Å². The number of carbonyl (C=O) groups is 1. The van der Waals surface area contributed by atoms with Gasteiger partial charge < -0.3 is 15.4 Å². The van der Waals surface area contributed by atoms with Crippen molar-refractivity contribution in [2.24, 2.45) is 5.41 Å². The highest BCUT2D eigenvalue weighted by atomic mass is 16.5. The summed E-state index contributed by atoms with van der Waals surface area (Å²) in [6.45, 7) is 3.40. The van der Waals surface area contributed by atoms with Gasteiger partial charge in [0.15, 0.2) is 0 Å². The second-order valence-electron chi connectivity index (χ2n) is 7.31. The molecule has 3 heterocycles. The second-order valence-corrected chi connectivity index (χ2v) is 7.31. The molecule has 0 unspecified atom stereocenters. The number of rotatable bonds is 2. The molecule has 2 N–H and O–H groups in total. The van der Waals surface area contributed by atoms with Crippen molar-refractivity contribution < 1.29 is 9.53 Å². The third kappa shape index (κ3) is 3.42. The van der Waals surface area contributed by atoms with Crippen molar-refractivity contribution in [1.29, 1.82) is 0 Å². The molecule has 2 aromatic rings. The van der Waals surface area contributed by atoms with E-state index in [1.54, 1.807) is 6.20 Å². The van der Waals surface area contributed by atoms with Crippen LogP contribution in [0.4, 0.5) is 5.82 Å². The molecule has 136 valence electrons. The summed E-state index contributed by atoms with van der Waals surface area (Å²) in [4.78, 5) is 23.1. The molecule has 0 atom stereocenters. The van der Waals surface area contributed by atoms with E-state index in [1.165, 1.54) is 6.20 Å². The average Bonchev–Trinajstić information content (AvgIpc) is 2.69. The van der Waals surface area contributed by atoms with Crippen molar-refractivity contribution in [1.82, 2.24) is 14.9 Å². The van der Waals surface area contributed by atoms with Crippen molar-refractivity contribution in [2.75, 3.05) is 32.0 Å². The molecule has 26 heavy (non-hydrogen) atoms. The minimum absolute atomic E-state index is 0.108. The van der Waals surface area contributed by atoms with Crippen LogP contribution < -0.4 is 5.73 Å². The van der Waals surface area contributed by atoms with Crippen LogP contribution in [0, 0.1) is 5.41 Å². The number of benzene rings is 1. The summed E-state index contributed by atoms with van der Waals surface area (Å²) in [6, 6.07) is 7.53. The van der Waals surface area contributed by atoms with Gasteiger partial charge >= 0.3 is 0 Å². The quantitative estimate of drug-likeness (QED) is 0.899. The molecule has 1 aromatic carbocycles. The Morgan fingerprint density at radius 1 is 1.04 bits per heavy atom. The van der Waals surface area contributed by atoms with E-state index in [0.29, 0.717) is 22.5 Å². The van der Waals surface area contributed by atoms with Crippen LogP contribution in [0.5, 0.6) is 0 Å². The van der Waals surface area contributed by atoms with Crippen LogP contribution in [0.15, 0.2) is 36.7 Å². The Morgan fingerprint density at radius 3 is 2.38 bits per heavy atom. The highest BCUT2D eigenvalue weighted by molar-refractivity contribution is 5.94. The number of nitrogens with zero attached hydrogens (tertiary/aromatic N) is 3. The van der Waals surface area contributed by atoms with Crippen LogP contribution in [-0.4, -0.2) is 47.1 Å². The van der Waals surface area contributed by atoms with Gasteiger partial charge in [0.05, 0.1) is 18.1 Å². The topological polar surface area (TPSA) is 81.3 Å².